The fourth-order valence-electron chi connectivity index (χ4n) is 3.23. The van der Waals surface area contributed by atoms with Gasteiger partial charge in [0.25, 0.3) is 0 Å². The van der Waals surface area contributed by atoms with E-state index >= 15 is 0 Å². The number of carbonyl (C=O) groups excluding carboxylic acids is 2. The molecule has 1 aliphatic heterocycles. The number of piperidine rings is 1. The molecule has 0 bridgehead atoms. The molecule has 0 radical (unpaired) electrons. The van der Waals surface area contributed by atoms with E-state index in [1.165, 1.54) is 0 Å². The molecule has 2 rings (SSSR count). The van der Waals surface area contributed by atoms with Crippen LogP contribution >= 0.6 is 0 Å². The number of anilines is 2. The Morgan fingerprint density at radius 1 is 1.19 bits per heavy atom. The summed E-state index contributed by atoms with van der Waals surface area (Å²) in [6.07, 6.45) is 2.81. The second kappa shape index (κ2) is 8.67. The standard InChI is InChI=1S/C21H33N3O2/c1-14-6-7-17(13-18(14)24-20(26)21(3,4)5)23-19(25)12-15(2)16-8-10-22-11-9-16/h6-7,13,15-16,22H,8-12H2,1-5H3,(H,23,25)(H,24,26). The summed E-state index contributed by atoms with van der Waals surface area (Å²) in [5, 5.41) is 9.31. The third-order valence-corrected chi connectivity index (χ3v) is 5.15. The van der Waals surface area contributed by atoms with Gasteiger partial charge in [-0.3, -0.25) is 9.59 Å². The van der Waals surface area contributed by atoms with Crippen LogP contribution in [0, 0.1) is 24.2 Å². The van der Waals surface area contributed by atoms with Crippen molar-refractivity contribution >= 4 is 23.2 Å². The van der Waals surface area contributed by atoms with E-state index in [2.05, 4.69) is 22.9 Å². The summed E-state index contributed by atoms with van der Waals surface area (Å²) in [6, 6.07) is 5.64. The normalized spacial score (nSPS) is 16.8. The topological polar surface area (TPSA) is 70.2 Å². The van der Waals surface area contributed by atoms with Crippen molar-refractivity contribution in [1.82, 2.24) is 5.32 Å². The molecule has 1 aromatic carbocycles. The molecule has 1 fully saturated rings. The Morgan fingerprint density at radius 2 is 1.85 bits per heavy atom. The number of rotatable bonds is 5. The Hall–Kier alpha value is -1.88. The van der Waals surface area contributed by atoms with E-state index in [1.807, 2.05) is 45.9 Å². The fourth-order valence-corrected chi connectivity index (χ4v) is 3.23. The van der Waals surface area contributed by atoms with Crippen molar-refractivity contribution in [3.8, 4) is 0 Å². The van der Waals surface area contributed by atoms with Crippen LogP contribution in [0.2, 0.25) is 0 Å². The molecule has 1 aromatic rings. The predicted octanol–water partition coefficient (Wildman–Crippen LogP) is 3.94. The highest BCUT2D eigenvalue weighted by molar-refractivity contribution is 5.97. The summed E-state index contributed by atoms with van der Waals surface area (Å²) in [5.41, 5.74) is 1.98. The second-order valence-electron chi connectivity index (χ2n) is 8.55. The lowest BCUT2D eigenvalue weighted by Gasteiger charge is -2.27. The van der Waals surface area contributed by atoms with E-state index in [9.17, 15) is 9.59 Å². The van der Waals surface area contributed by atoms with Crippen molar-refractivity contribution in [1.29, 1.82) is 0 Å². The van der Waals surface area contributed by atoms with Crippen LogP contribution in [0.1, 0.15) is 52.5 Å². The first-order chi connectivity index (χ1) is 12.2. The van der Waals surface area contributed by atoms with Crippen molar-refractivity contribution in [2.45, 2.75) is 53.9 Å². The van der Waals surface area contributed by atoms with Crippen molar-refractivity contribution in [3.63, 3.8) is 0 Å². The van der Waals surface area contributed by atoms with Gasteiger partial charge in [0.2, 0.25) is 11.8 Å². The number of hydrogen-bond acceptors (Lipinski definition) is 3. The van der Waals surface area contributed by atoms with Crippen LogP contribution in [-0.4, -0.2) is 24.9 Å². The highest BCUT2D eigenvalue weighted by atomic mass is 16.2. The first kappa shape index (κ1) is 20.4. The van der Waals surface area contributed by atoms with Gasteiger partial charge >= 0.3 is 0 Å². The summed E-state index contributed by atoms with van der Waals surface area (Å²) in [4.78, 5) is 24.7. The summed E-state index contributed by atoms with van der Waals surface area (Å²) in [6.45, 7) is 11.8. The van der Waals surface area contributed by atoms with Gasteiger partial charge < -0.3 is 16.0 Å². The number of benzene rings is 1. The summed E-state index contributed by atoms with van der Waals surface area (Å²) >= 11 is 0. The monoisotopic (exact) mass is 359 g/mol. The molecule has 144 valence electrons. The van der Waals surface area contributed by atoms with Gasteiger partial charge in [-0.25, -0.2) is 0 Å². The van der Waals surface area contributed by atoms with Crippen LogP contribution in [0.15, 0.2) is 18.2 Å². The van der Waals surface area contributed by atoms with E-state index < -0.39 is 5.41 Å². The SMILES string of the molecule is Cc1ccc(NC(=O)CC(C)C2CCNCC2)cc1NC(=O)C(C)(C)C. The zero-order valence-electron chi connectivity index (χ0n) is 16.7. The molecule has 0 saturated carbocycles. The highest BCUT2D eigenvalue weighted by Crippen LogP contribution is 2.26. The van der Waals surface area contributed by atoms with Gasteiger partial charge in [-0.1, -0.05) is 33.8 Å². The minimum atomic E-state index is -0.462. The van der Waals surface area contributed by atoms with Crippen LogP contribution < -0.4 is 16.0 Å². The lowest BCUT2D eigenvalue weighted by atomic mass is 9.84. The van der Waals surface area contributed by atoms with Crippen molar-refractivity contribution in [2.75, 3.05) is 23.7 Å². The molecule has 5 heteroatoms. The van der Waals surface area contributed by atoms with Gasteiger partial charge in [0.1, 0.15) is 0 Å². The first-order valence-corrected chi connectivity index (χ1v) is 9.59. The van der Waals surface area contributed by atoms with Crippen LogP contribution in [0.25, 0.3) is 0 Å². The third-order valence-electron chi connectivity index (χ3n) is 5.15. The molecule has 0 spiro atoms. The molecule has 1 atom stereocenters. The Labute approximate surface area is 157 Å². The smallest absolute Gasteiger partial charge is 0.229 e. The molecule has 5 nitrogen and oxygen atoms in total. The number of amides is 2. The summed E-state index contributed by atoms with van der Waals surface area (Å²) in [5.74, 6) is 0.987. The minimum absolute atomic E-state index is 0.0352. The maximum atomic E-state index is 12.4. The summed E-state index contributed by atoms with van der Waals surface area (Å²) in [7, 11) is 0. The van der Waals surface area contributed by atoms with E-state index in [0.29, 0.717) is 18.3 Å². The highest BCUT2D eigenvalue weighted by Gasteiger charge is 2.23. The van der Waals surface area contributed by atoms with Crippen molar-refractivity contribution in [3.05, 3.63) is 23.8 Å². The molecule has 1 saturated heterocycles. The van der Waals surface area contributed by atoms with Crippen molar-refractivity contribution < 1.29 is 9.59 Å². The molecular weight excluding hydrogens is 326 g/mol. The van der Waals surface area contributed by atoms with E-state index in [0.717, 1.165) is 42.9 Å². The Kier molecular flexibility index (Phi) is 6.81. The van der Waals surface area contributed by atoms with Gasteiger partial charge in [0, 0.05) is 23.2 Å². The van der Waals surface area contributed by atoms with Gasteiger partial charge in [-0.2, -0.15) is 0 Å². The average Bonchev–Trinajstić information content (AvgIpc) is 2.57. The molecule has 1 unspecified atom stereocenters. The van der Waals surface area contributed by atoms with E-state index in [-0.39, 0.29) is 11.8 Å². The number of hydrogen-bond donors (Lipinski definition) is 3. The fraction of sp³-hybridized carbons (Fsp3) is 0.619. The molecule has 1 aliphatic rings. The lowest BCUT2D eigenvalue weighted by molar-refractivity contribution is -0.123. The van der Waals surface area contributed by atoms with E-state index in [1.54, 1.807) is 0 Å². The third kappa shape index (κ3) is 5.84. The molecule has 0 aromatic heterocycles. The summed E-state index contributed by atoms with van der Waals surface area (Å²) < 4.78 is 0. The molecule has 3 N–H and O–H groups in total. The predicted molar refractivity (Wildman–Crippen MR) is 107 cm³/mol. The van der Waals surface area contributed by atoms with Gasteiger partial charge in [-0.05, 0) is 62.4 Å². The molecule has 1 heterocycles. The van der Waals surface area contributed by atoms with Crippen LogP contribution in [-0.2, 0) is 9.59 Å². The number of nitrogens with one attached hydrogen (secondary N) is 3. The first-order valence-electron chi connectivity index (χ1n) is 9.59. The van der Waals surface area contributed by atoms with Crippen LogP contribution in [0.4, 0.5) is 11.4 Å². The zero-order valence-corrected chi connectivity index (χ0v) is 16.7. The van der Waals surface area contributed by atoms with E-state index in [4.69, 9.17) is 0 Å². The Balaban J connectivity index is 1.97. The quantitative estimate of drug-likeness (QED) is 0.746. The molecule has 2 amide bonds. The number of carbonyl (C=O) groups is 2. The Morgan fingerprint density at radius 3 is 2.46 bits per heavy atom. The minimum Gasteiger partial charge on any atom is -0.326 e. The maximum Gasteiger partial charge on any atom is 0.229 e. The lowest BCUT2D eigenvalue weighted by Crippen LogP contribution is -2.32. The second-order valence-corrected chi connectivity index (χ2v) is 8.55. The molecule has 26 heavy (non-hydrogen) atoms. The van der Waals surface area contributed by atoms with Gasteiger partial charge in [-0.15, -0.1) is 0 Å². The van der Waals surface area contributed by atoms with Gasteiger partial charge in [0.05, 0.1) is 0 Å². The van der Waals surface area contributed by atoms with Crippen molar-refractivity contribution in [2.24, 2.45) is 17.3 Å². The van der Waals surface area contributed by atoms with Gasteiger partial charge in [0.15, 0.2) is 0 Å². The molecular formula is C21H33N3O2. The Bertz CT molecular complexity index is 643. The molecule has 0 aliphatic carbocycles. The average molecular weight is 360 g/mol. The number of aryl methyl sites for hydroxylation is 1. The zero-order chi connectivity index (χ0) is 19.3. The van der Waals surface area contributed by atoms with Crippen LogP contribution in [0.3, 0.4) is 0 Å². The largest absolute Gasteiger partial charge is 0.326 e. The van der Waals surface area contributed by atoms with Crippen LogP contribution in [0.5, 0.6) is 0 Å². The maximum absolute atomic E-state index is 12.4.